The first-order valence-electron chi connectivity index (χ1n) is 17.6. The Kier molecular flexibility index (Phi) is 12.7. The van der Waals surface area contributed by atoms with Crippen molar-refractivity contribution in [2.75, 3.05) is 20.4 Å². The number of nitrogens with one attached hydrogen (secondary N) is 1. The Morgan fingerprint density at radius 1 is 0.660 bits per heavy atom. The van der Waals surface area contributed by atoms with Gasteiger partial charge in [0.05, 0.1) is 5.71 Å². The minimum atomic E-state index is -0.167. The van der Waals surface area contributed by atoms with Gasteiger partial charge in [-0.05, 0) is 99.6 Å². The summed E-state index contributed by atoms with van der Waals surface area (Å²) in [6.45, 7) is 13.8. The number of allylic oxidation sites excluding steroid dienone is 5. The van der Waals surface area contributed by atoms with Crippen LogP contribution in [0.15, 0.2) is 162 Å². The van der Waals surface area contributed by atoms with Crippen molar-refractivity contribution in [2.24, 2.45) is 4.99 Å². The van der Waals surface area contributed by atoms with Crippen LogP contribution in [0.3, 0.4) is 0 Å². The molecule has 0 aliphatic rings. The van der Waals surface area contributed by atoms with E-state index in [-0.39, 0.29) is 7.92 Å². The minimum Gasteiger partial charge on any atom is -0.380 e. The lowest BCUT2D eigenvalue weighted by molar-refractivity contribution is 0.890. The number of hydrogen-bond acceptors (Lipinski definition) is 2. The lowest BCUT2D eigenvalue weighted by Crippen LogP contribution is -2.14. The maximum absolute atomic E-state index is 4.82. The first-order valence-corrected chi connectivity index (χ1v) is 19.8. The van der Waals surface area contributed by atoms with Crippen LogP contribution in [-0.2, 0) is 6.54 Å². The van der Waals surface area contributed by atoms with Gasteiger partial charge in [0.1, 0.15) is 0 Å². The van der Waals surface area contributed by atoms with Crippen LogP contribution in [0.5, 0.6) is 0 Å². The highest BCUT2D eigenvalue weighted by Crippen LogP contribution is 2.44. The maximum Gasteiger partial charge on any atom is 0.0664 e. The van der Waals surface area contributed by atoms with Gasteiger partial charge in [0.2, 0.25) is 0 Å². The molecule has 0 aliphatic heterocycles. The summed E-state index contributed by atoms with van der Waals surface area (Å²) in [4.78, 5) is 4.82. The number of benzene rings is 6. The molecule has 6 rings (SSSR count). The van der Waals surface area contributed by atoms with Gasteiger partial charge >= 0.3 is 0 Å². The van der Waals surface area contributed by atoms with E-state index < -0.39 is 0 Å². The summed E-state index contributed by atoms with van der Waals surface area (Å²) in [6.07, 6.45) is 6.84. The molecule has 0 fully saturated rings. The Balaban J connectivity index is 0.00000239. The summed E-state index contributed by atoms with van der Waals surface area (Å²) >= 11 is 0. The van der Waals surface area contributed by atoms with Crippen molar-refractivity contribution in [3.05, 3.63) is 179 Å². The Morgan fingerprint density at radius 2 is 1.20 bits per heavy atom. The molecule has 0 aliphatic carbocycles. The molecule has 0 aromatic heterocycles. The predicted molar refractivity (Wildman–Crippen MR) is 225 cm³/mol. The summed E-state index contributed by atoms with van der Waals surface area (Å²) < 4.78 is 0. The third kappa shape index (κ3) is 8.21. The van der Waals surface area contributed by atoms with Crippen LogP contribution in [-0.4, -0.2) is 26.1 Å². The van der Waals surface area contributed by atoms with E-state index in [1.54, 1.807) is 0 Å². The van der Waals surface area contributed by atoms with E-state index in [4.69, 9.17) is 4.99 Å². The molecule has 1 N–H and O–H groups in total. The molecule has 0 radical (unpaired) electrons. The highest BCUT2D eigenvalue weighted by atomic mass is 31.1. The van der Waals surface area contributed by atoms with Crippen molar-refractivity contribution in [3.8, 4) is 11.1 Å². The molecular weight excluding hydrogens is 624 g/mol. The molecule has 0 saturated carbocycles. The average molecular weight is 673 g/mol. The zero-order valence-corrected chi connectivity index (χ0v) is 31.4. The highest BCUT2D eigenvalue weighted by Gasteiger charge is 2.18. The van der Waals surface area contributed by atoms with Gasteiger partial charge in [-0.1, -0.05) is 161 Å². The summed E-state index contributed by atoms with van der Waals surface area (Å²) in [7, 11) is 1.71. The molecule has 252 valence electrons. The maximum atomic E-state index is 4.82. The van der Waals surface area contributed by atoms with Crippen LogP contribution in [0.4, 0.5) is 0 Å². The molecule has 0 saturated heterocycles. The fourth-order valence-corrected chi connectivity index (χ4v) is 6.70. The summed E-state index contributed by atoms with van der Waals surface area (Å²) in [5.41, 5.74) is 10.4. The lowest BCUT2D eigenvalue weighted by atomic mass is 9.85. The van der Waals surface area contributed by atoms with Gasteiger partial charge < -0.3 is 5.32 Å². The molecule has 6 aromatic rings. The Hall–Kier alpha value is -5.04. The van der Waals surface area contributed by atoms with Crippen molar-refractivity contribution in [1.82, 2.24) is 5.32 Å². The smallest absolute Gasteiger partial charge is 0.0664 e. The molecular formula is C47H49N2P. The van der Waals surface area contributed by atoms with E-state index >= 15 is 0 Å². The van der Waals surface area contributed by atoms with Gasteiger partial charge in [0.25, 0.3) is 0 Å². The topological polar surface area (TPSA) is 24.4 Å². The number of aliphatic imine (C=N–C) groups is 1. The zero-order chi connectivity index (χ0) is 35.5. The average Bonchev–Trinajstić information content (AvgIpc) is 3.17. The fourth-order valence-electron chi connectivity index (χ4n) is 6.30. The quantitative estimate of drug-likeness (QED) is 0.0666. The van der Waals surface area contributed by atoms with Crippen molar-refractivity contribution < 1.29 is 0 Å². The standard InChI is InChI=1S/C45H43N2P.C2H6/c1-6-34(28-32(2)48(4)5)44-38-24-13-15-26-40(38)45(41-27-16-14-25-39(41)44)37-23-17-22-36(29-37)42(46-3)30-43(35-20-11-8-12-21-35)47-31-33-18-9-7-10-19-33;1-2/h6-30,47H,31H2,1-5H3;1-2H3/b32-28+,34-6+,43-30-,46-42?;. The van der Waals surface area contributed by atoms with E-state index in [9.17, 15) is 0 Å². The second-order valence-electron chi connectivity index (χ2n) is 12.2. The fraction of sp³-hybridized carbons (Fsp3) is 0.170. The zero-order valence-electron chi connectivity index (χ0n) is 30.5. The Bertz CT molecular complexity index is 2110. The van der Waals surface area contributed by atoms with E-state index in [0.717, 1.165) is 29.1 Å². The Labute approximate surface area is 300 Å². The number of nitrogens with zero attached hydrogens (tertiary/aromatic N) is 1. The van der Waals surface area contributed by atoms with Gasteiger partial charge in [-0.25, -0.2) is 0 Å². The number of hydrogen-bond donors (Lipinski definition) is 1. The van der Waals surface area contributed by atoms with Crippen LogP contribution in [0.2, 0.25) is 0 Å². The van der Waals surface area contributed by atoms with Gasteiger partial charge in [-0.15, -0.1) is 0 Å². The first-order chi connectivity index (χ1) is 24.5. The largest absolute Gasteiger partial charge is 0.380 e. The third-order valence-corrected chi connectivity index (χ3v) is 10.5. The molecule has 0 heterocycles. The SMILES string of the molecule is C/C=C(\C=C(/C)P(C)C)c1c2ccccc2c(-c2cccc(C(/C=C(\NCc3ccccc3)c3ccccc3)=NC)c2)c2ccccc12.CC. The van der Waals surface area contributed by atoms with E-state index in [1.807, 2.05) is 20.9 Å². The van der Waals surface area contributed by atoms with Gasteiger partial charge in [-0.3, -0.25) is 4.99 Å². The minimum absolute atomic E-state index is 0.167. The number of fused-ring (bicyclic) bond motifs is 2. The summed E-state index contributed by atoms with van der Waals surface area (Å²) in [6, 6.07) is 47.6. The van der Waals surface area contributed by atoms with Gasteiger partial charge in [0, 0.05) is 24.9 Å². The van der Waals surface area contributed by atoms with Crippen LogP contribution in [0.25, 0.3) is 43.9 Å². The van der Waals surface area contributed by atoms with E-state index in [1.165, 1.54) is 54.7 Å². The second kappa shape index (κ2) is 17.6. The van der Waals surface area contributed by atoms with Gasteiger partial charge in [0.15, 0.2) is 0 Å². The second-order valence-corrected chi connectivity index (χ2v) is 14.7. The van der Waals surface area contributed by atoms with E-state index in [2.05, 4.69) is 184 Å². The molecule has 6 aromatic carbocycles. The Morgan fingerprint density at radius 3 is 1.76 bits per heavy atom. The van der Waals surface area contributed by atoms with Crippen molar-refractivity contribution in [3.63, 3.8) is 0 Å². The lowest BCUT2D eigenvalue weighted by Gasteiger charge is -2.19. The highest BCUT2D eigenvalue weighted by molar-refractivity contribution is 7.60. The molecule has 3 heteroatoms. The molecule has 0 bridgehead atoms. The molecule has 50 heavy (non-hydrogen) atoms. The molecule has 0 atom stereocenters. The molecule has 0 spiro atoms. The summed E-state index contributed by atoms with van der Waals surface area (Å²) in [5.74, 6) is 0. The predicted octanol–water partition coefficient (Wildman–Crippen LogP) is 13.0. The normalized spacial score (nSPS) is 12.6. The van der Waals surface area contributed by atoms with Gasteiger partial charge in [-0.2, -0.15) is 0 Å². The molecule has 0 unspecified atom stereocenters. The molecule has 0 amide bonds. The first kappa shape index (κ1) is 36.2. The van der Waals surface area contributed by atoms with Crippen LogP contribution >= 0.6 is 7.92 Å². The summed E-state index contributed by atoms with van der Waals surface area (Å²) in [5, 5.41) is 10.2. The molecule has 2 nitrogen and oxygen atoms in total. The van der Waals surface area contributed by atoms with Crippen molar-refractivity contribution in [1.29, 1.82) is 0 Å². The van der Waals surface area contributed by atoms with E-state index in [0.29, 0.717) is 0 Å². The monoisotopic (exact) mass is 672 g/mol. The van der Waals surface area contributed by atoms with Crippen LogP contribution in [0, 0.1) is 0 Å². The number of rotatable bonds is 10. The van der Waals surface area contributed by atoms with Crippen molar-refractivity contribution in [2.45, 2.75) is 34.2 Å². The van der Waals surface area contributed by atoms with Crippen LogP contribution < -0.4 is 5.32 Å². The van der Waals surface area contributed by atoms with Crippen LogP contribution in [0.1, 0.15) is 49.9 Å². The third-order valence-electron chi connectivity index (χ3n) is 8.98. The van der Waals surface area contributed by atoms with Crippen molar-refractivity contribution >= 4 is 46.4 Å².